The van der Waals surface area contributed by atoms with Gasteiger partial charge in [0.1, 0.15) is 4.90 Å². The Kier molecular flexibility index (Phi) is 4.66. The first kappa shape index (κ1) is 14.3. The van der Waals surface area contributed by atoms with E-state index in [0.29, 0.717) is 0 Å². The Bertz CT molecular complexity index is 530. The summed E-state index contributed by atoms with van der Waals surface area (Å²) in [6.07, 6.45) is 3.17. The van der Waals surface area contributed by atoms with Crippen LogP contribution in [0.2, 0.25) is 5.02 Å². The molecule has 1 heterocycles. The van der Waals surface area contributed by atoms with E-state index in [1.807, 2.05) is 0 Å². The normalized spacial score (nSPS) is 17.9. The minimum absolute atomic E-state index is 0.109. The third-order valence-corrected chi connectivity index (χ3v) is 5.14. The third kappa shape index (κ3) is 3.45. The van der Waals surface area contributed by atoms with Crippen LogP contribution in [0.4, 0.5) is 0 Å². The van der Waals surface area contributed by atoms with Crippen molar-refractivity contribution in [2.45, 2.75) is 24.2 Å². The maximum atomic E-state index is 12.2. The standard InChI is InChI=1S/C11H14BrClN2O2S/c12-9-4-5-11(10(13)8-9)18(16,17)14-15-6-2-1-3-7-15/h4-5,8,14H,1-3,6-7H2. The molecule has 1 aromatic carbocycles. The largest absolute Gasteiger partial charge is 0.254 e. The first-order chi connectivity index (χ1) is 8.49. The predicted octanol–water partition coefficient (Wildman–Crippen LogP) is 2.78. The van der Waals surface area contributed by atoms with Crippen molar-refractivity contribution < 1.29 is 8.42 Å². The van der Waals surface area contributed by atoms with Gasteiger partial charge in [0, 0.05) is 17.6 Å². The Hall–Kier alpha value is -0.140. The average molecular weight is 354 g/mol. The number of nitrogens with one attached hydrogen (secondary N) is 1. The minimum atomic E-state index is -3.58. The lowest BCUT2D eigenvalue weighted by molar-refractivity contribution is 0.200. The summed E-state index contributed by atoms with van der Waals surface area (Å²) in [7, 11) is -3.58. The van der Waals surface area contributed by atoms with E-state index in [-0.39, 0.29) is 9.92 Å². The lowest BCUT2D eigenvalue weighted by Gasteiger charge is -2.26. The molecule has 7 heteroatoms. The van der Waals surface area contributed by atoms with Gasteiger partial charge < -0.3 is 0 Å². The fraction of sp³-hybridized carbons (Fsp3) is 0.455. The number of nitrogens with zero attached hydrogens (tertiary/aromatic N) is 1. The molecule has 4 nitrogen and oxygen atoms in total. The summed E-state index contributed by atoms with van der Waals surface area (Å²) >= 11 is 9.22. The van der Waals surface area contributed by atoms with E-state index >= 15 is 0 Å². The van der Waals surface area contributed by atoms with Gasteiger partial charge >= 0.3 is 0 Å². The van der Waals surface area contributed by atoms with Crippen LogP contribution in [0.25, 0.3) is 0 Å². The molecule has 1 N–H and O–H groups in total. The summed E-state index contributed by atoms with van der Waals surface area (Å²) in [6.45, 7) is 1.49. The molecule has 1 aromatic rings. The molecule has 18 heavy (non-hydrogen) atoms. The van der Waals surface area contributed by atoms with Crippen molar-refractivity contribution in [2.24, 2.45) is 0 Å². The fourth-order valence-corrected chi connectivity index (χ4v) is 4.06. The van der Waals surface area contributed by atoms with Gasteiger partial charge in [0.05, 0.1) is 5.02 Å². The topological polar surface area (TPSA) is 49.4 Å². The number of rotatable bonds is 3. The lowest BCUT2D eigenvalue weighted by atomic mass is 10.2. The molecule has 1 aliphatic heterocycles. The quantitative estimate of drug-likeness (QED) is 0.909. The maximum absolute atomic E-state index is 12.2. The van der Waals surface area contributed by atoms with Crippen molar-refractivity contribution in [1.82, 2.24) is 9.84 Å². The molecular weight excluding hydrogens is 340 g/mol. The number of hydrazine groups is 1. The van der Waals surface area contributed by atoms with E-state index in [9.17, 15) is 8.42 Å². The van der Waals surface area contributed by atoms with E-state index in [0.717, 1.165) is 36.8 Å². The van der Waals surface area contributed by atoms with Crippen molar-refractivity contribution in [3.63, 3.8) is 0 Å². The van der Waals surface area contributed by atoms with Crippen LogP contribution in [-0.2, 0) is 10.0 Å². The molecule has 0 radical (unpaired) electrons. The predicted molar refractivity (Wildman–Crippen MR) is 74.9 cm³/mol. The summed E-state index contributed by atoms with van der Waals surface area (Å²) in [5.74, 6) is 0. The smallest absolute Gasteiger partial charge is 0.230 e. The fourth-order valence-electron chi connectivity index (χ4n) is 1.90. The summed E-state index contributed by atoms with van der Waals surface area (Å²) in [5, 5.41) is 1.95. The third-order valence-electron chi connectivity index (χ3n) is 2.79. The zero-order chi connectivity index (χ0) is 13.2. The molecule has 0 saturated carbocycles. The van der Waals surface area contributed by atoms with Gasteiger partial charge in [0.25, 0.3) is 10.0 Å². The molecular formula is C11H14BrClN2O2S. The number of benzene rings is 1. The minimum Gasteiger partial charge on any atom is -0.230 e. The molecule has 1 aliphatic rings. The molecule has 0 unspecified atom stereocenters. The number of hydrogen-bond donors (Lipinski definition) is 1. The Balaban J connectivity index is 2.19. The summed E-state index contributed by atoms with van der Waals surface area (Å²) in [4.78, 5) is 2.69. The Morgan fingerprint density at radius 1 is 1.22 bits per heavy atom. The highest BCUT2D eigenvalue weighted by Crippen LogP contribution is 2.25. The highest BCUT2D eigenvalue weighted by Gasteiger charge is 2.22. The Labute approximate surface area is 120 Å². The summed E-state index contributed by atoms with van der Waals surface area (Å²) in [6, 6.07) is 4.74. The SMILES string of the molecule is O=S(=O)(NN1CCCCC1)c1ccc(Br)cc1Cl. The van der Waals surface area contributed by atoms with Gasteiger partial charge in [-0.2, -0.15) is 0 Å². The van der Waals surface area contributed by atoms with Gasteiger partial charge in [-0.05, 0) is 31.0 Å². The molecule has 100 valence electrons. The lowest BCUT2D eigenvalue weighted by Crippen LogP contribution is -2.44. The molecule has 0 atom stereocenters. The van der Waals surface area contributed by atoms with Crippen molar-refractivity contribution >= 4 is 37.6 Å². The van der Waals surface area contributed by atoms with Crippen molar-refractivity contribution in [3.8, 4) is 0 Å². The first-order valence-electron chi connectivity index (χ1n) is 5.71. The van der Waals surface area contributed by atoms with Crippen molar-refractivity contribution in [1.29, 1.82) is 0 Å². The number of sulfonamides is 1. The highest BCUT2D eigenvalue weighted by molar-refractivity contribution is 9.10. The second-order valence-electron chi connectivity index (χ2n) is 4.22. The monoisotopic (exact) mass is 352 g/mol. The second kappa shape index (κ2) is 5.88. The zero-order valence-electron chi connectivity index (χ0n) is 9.70. The van der Waals surface area contributed by atoms with Gasteiger partial charge in [0.15, 0.2) is 0 Å². The van der Waals surface area contributed by atoms with Crippen LogP contribution in [0.1, 0.15) is 19.3 Å². The molecule has 1 fully saturated rings. The first-order valence-corrected chi connectivity index (χ1v) is 8.37. The Morgan fingerprint density at radius 2 is 1.89 bits per heavy atom. The molecule has 0 bridgehead atoms. The van der Waals surface area contributed by atoms with E-state index < -0.39 is 10.0 Å². The van der Waals surface area contributed by atoms with Gasteiger partial charge in [0.2, 0.25) is 0 Å². The van der Waals surface area contributed by atoms with Gasteiger partial charge in [-0.3, -0.25) is 0 Å². The second-order valence-corrected chi connectivity index (χ2v) is 7.17. The maximum Gasteiger partial charge on any atom is 0.254 e. The molecule has 0 aromatic heterocycles. The molecule has 0 aliphatic carbocycles. The summed E-state index contributed by atoms with van der Waals surface area (Å²) in [5.41, 5.74) is 0. The number of piperidine rings is 1. The van der Waals surface area contributed by atoms with Gasteiger partial charge in [-0.15, -0.1) is 4.83 Å². The van der Waals surface area contributed by atoms with Crippen LogP contribution in [-0.4, -0.2) is 26.5 Å². The molecule has 0 spiro atoms. The van der Waals surface area contributed by atoms with Crippen molar-refractivity contribution in [3.05, 3.63) is 27.7 Å². The van der Waals surface area contributed by atoms with E-state index in [1.165, 1.54) is 6.07 Å². The zero-order valence-corrected chi connectivity index (χ0v) is 12.9. The van der Waals surface area contributed by atoms with E-state index in [1.54, 1.807) is 17.1 Å². The van der Waals surface area contributed by atoms with Crippen LogP contribution >= 0.6 is 27.5 Å². The van der Waals surface area contributed by atoms with Gasteiger partial charge in [-0.1, -0.05) is 34.0 Å². The van der Waals surface area contributed by atoms with Crippen LogP contribution in [0.5, 0.6) is 0 Å². The van der Waals surface area contributed by atoms with Crippen LogP contribution in [0.15, 0.2) is 27.6 Å². The molecule has 2 rings (SSSR count). The van der Waals surface area contributed by atoms with Crippen molar-refractivity contribution in [2.75, 3.05) is 13.1 Å². The average Bonchev–Trinajstić information content (AvgIpc) is 2.29. The summed E-state index contributed by atoms with van der Waals surface area (Å²) < 4.78 is 25.1. The Morgan fingerprint density at radius 3 is 2.50 bits per heavy atom. The molecule has 0 amide bonds. The number of hydrogen-bond acceptors (Lipinski definition) is 3. The van der Waals surface area contributed by atoms with Gasteiger partial charge in [-0.25, -0.2) is 13.4 Å². The van der Waals surface area contributed by atoms with Crippen LogP contribution < -0.4 is 4.83 Å². The molecule has 1 saturated heterocycles. The van der Waals surface area contributed by atoms with Crippen LogP contribution in [0.3, 0.4) is 0 Å². The van der Waals surface area contributed by atoms with E-state index in [2.05, 4.69) is 20.8 Å². The number of halogens is 2. The van der Waals surface area contributed by atoms with Crippen LogP contribution in [0, 0.1) is 0 Å². The highest BCUT2D eigenvalue weighted by atomic mass is 79.9. The van der Waals surface area contributed by atoms with E-state index in [4.69, 9.17) is 11.6 Å².